The third-order valence-corrected chi connectivity index (χ3v) is 6.42. The van der Waals surface area contributed by atoms with Crippen molar-refractivity contribution in [1.29, 1.82) is 0 Å². The van der Waals surface area contributed by atoms with Gasteiger partial charge in [0.1, 0.15) is 14.9 Å². The number of ether oxygens (including phenoxy) is 2. The molecule has 0 aliphatic carbocycles. The Hall–Kier alpha value is -2.52. The Morgan fingerprint density at radius 1 is 1.10 bits per heavy atom. The second-order valence-electron chi connectivity index (χ2n) is 6.42. The Balaban J connectivity index is 1.74. The molecule has 0 atom stereocenters. The Morgan fingerprint density at radius 3 is 2.62 bits per heavy atom. The molecule has 29 heavy (non-hydrogen) atoms. The molecule has 9 heteroatoms. The Kier molecular flexibility index (Phi) is 7.16. The van der Waals surface area contributed by atoms with Crippen LogP contribution in [0, 0.1) is 6.92 Å². The Labute approximate surface area is 178 Å². The summed E-state index contributed by atoms with van der Waals surface area (Å²) in [5, 5.41) is 13.3. The first kappa shape index (κ1) is 21.2. The van der Waals surface area contributed by atoms with E-state index in [1.165, 1.54) is 29.1 Å². The van der Waals surface area contributed by atoms with Crippen molar-refractivity contribution in [3.63, 3.8) is 0 Å². The fraction of sp³-hybridized carbons (Fsp3) is 0.400. The van der Waals surface area contributed by atoms with Gasteiger partial charge in [0.2, 0.25) is 5.13 Å². The monoisotopic (exact) mass is 432 g/mol. The first-order valence-corrected chi connectivity index (χ1v) is 11.0. The number of aryl methyl sites for hydroxylation is 2. The van der Waals surface area contributed by atoms with Crippen molar-refractivity contribution in [3.05, 3.63) is 33.8 Å². The summed E-state index contributed by atoms with van der Waals surface area (Å²) in [5.74, 6) is 1.05. The predicted octanol–water partition coefficient (Wildman–Crippen LogP) is 4.97. The van der Waals surface area contributed by atoms with Crippen LogP contribution in [0.15, 0.2) is 18.2 Å². The molecule has 1 N–H and O–H groups in total. The highest BCUT2D eigenvalue weighted by atomic mass is 32.1. The highest BCUT2D eigenvalue weighted by Gasteiger charge is 2.19. The largest absolute Gasteiger partial charge is 0.493 e. The minimum absolute atomic E-state index is 0.219. The number of anilines is 1. The van der Waals surface area contributed by atoms with Crippen LogP contribution in [0.4, 0.5) is 5.13 Å². The number of thiazole rings is 1. The van der Waals surface area contributed by atoms with Crippen molar-refractivity contribution in [3.8, 4) is 22.1 Å². The van der Waals surface area contributed by atoms with Gasteiger partial charge in [0, 0.05) is 12.0 Å². The third kappa shape index (κ3) is 5.10. The third-order valence-electron chi connectivity index (χ3n) is 4.31. The molecule has 0 saturated heterocycles. The highest BCUT2D eigenvalue weighted by molar-refractivity contribution is 7.17. The molecule has 3 rings (SSSR count). The number of rotatable bonds is 9. The summed E-state index contributed by atoms with van der Waals surface area (Å²) in [6.45, 7) is 3.99. The molecule has 154 valence electrons. The number of hydrogen-bond acceptors (Lipinski definition) is 8. The van der Waals surface area contributed by atoms with E-state index >= 15 is 0 Å². The number of carbonyl (C=O) groups is 1. The summed E-state index contributed by atoms with van der Waals surface area (Å²) in [4.78, 5) is 17.8. The molecule has 2 aromatic heterocycles. The smallest absolute Gasteiger partial charge is 0.269 e. The highest BCUT2D eigenvalue weighted by Crippen LogP contribution is 2.35. The van der Waals surface area contributed by atoms with Gasteiger partial charge in [-0.3, -0.25) is 10.1 Å². The molecular formula is C20H24N4O3S2. The zero-order chi connectivity index (χ0) is 20.8. The van der Waals surface area contributed by atoms with Crippen molar-refractivity contribution in [1.82, 2.24) is 15.2 Å². The normalized spacial score (nSPS) is 10.8. The maximum Gasteiger partial charge on any atom is 0.269 e. The van der Waals surface area contributed by atoms with Gasteiger partial charge >= 0.3 is 0 Å². The number of carbonyl (C=O) groups excluding carboxylic acids is 1. The lowest BCUT2D eigenvalue weighted by Crippen LogP contribution is -2.11. The number of nitrogens with zero attached hydrogens (tertiary/aromatic N) is 3. The lowest BCUT2D eigenvalue weighted by atomic mass is 10.2. The molecule has 0 radical (unpaired) electrons. The topological polar surface area (TPSA) is 86.2 Å². The van der Waals surface area contributed by atoms with E-state index in [4.69, 9.17) is 9.47 Å². The van der Waals surface area contributed by atoms with Gasteiger partial charge in [-0.2, -0.15) is 0 Å². The molecule has 0 fully saturated rings. The van der Waals surface area contributed by atoms with Gasteiger partial charge in [-0.25, -0.2) is 4.98 Å². The van der Waals surface area contributed by atoms with Gasteiger partial charge in [-0.1, -0.05) is 31.1 Å². The molecule has 0 unspecified atom stereocenters. The number of aromatic nitrogens is 3. The Bertz CT molecular complexity index is 984. The molecular weight excluding hydrogens is 408 g/mol. The minimum atomic E-state index is -0.219. The second-order valence-corrected chi connectivity index (χ2v) is 8.48. The van der Waals surface area contributed by atoms with Crippen molar-refractivity contribution in [2.24, 2.45) is 0 Å². The van der Waals surface area contributed by atoms with E-state index < -0.39 is 0 Å². The maximum absolute atomic E-state index is 12.7. The van der Waals surface area contributed by atoms with Gasteiger partial charge in [0.25, 0.3) is 5.91 Å². The molecule has 2 heterocycles. The molecule has 0 aliphatic rings. The first-order valence-electron chi connectivity index (χ1n) is 9.39. The van der Waals surface area contributed by atoms with Crippen LogP contribution < -0.4 is 14.8 Å². The van der Waals surface area contributed by atoms with Gasteiger partial charge < -0.3 is 9.47 Å². The van der Waals surface area contributed by atoms with E-state index in [9.17, 15) is 4.79 Å². The molecule has 3 aromatic rings. The summed E-state index contributed by atoms with van der Waals surface area (Å²) < 4.78 is 10.6. The van der Waals surface area contributed by atoms with E-state index in [1.54, 1.807) is 14.2 Å². The van der Waals surface area contributed by atoms with E-state index in [-0.39, 0.29) is 5.91 Å². The summed E-state index contributed by atoms with van der Waals surface area (Å²) in [5.41, 5.74) is 1.54. The molecule has 0 spiro atoms. The number of amides is 1. The number of methoxy groups -OCH3 is 2. The van der Waals surface area contributed by atoms with Crippen LogP contribution in [0.3, 0.4) is 0 Å². The van der Waals surface area contributed by atoms with Crippen LogP contribution in [0.25, 0.3) is 10.6 Å². The van der Waals surface area contributed by atoms with Crippen LogP contribution in [0.1, 0.15) is 46.6 Å². The summed E-state index contributed by atoms with van der Waals surface area (Å²) in [6.07, 6.45) is 4.31. The molecule has 7 nitrogen and oxygen atoms in total. The van der Waals surface area contributed by atoms with Crippen molar-refractivity contribution >= 4 is 33.7 Å². The SMILES string of the molecule is CCCCCc1nnc(NC(=O)c2sc(-c3ccc(OC)c(OC)c3)nc2C)s1. The predicted molar refractivity (Wildman–Crippen MR) is 116 cm³/mol. The average molecular weight is 433 g/mol. The van der Waals surface area contributed by atoms with Gasteiger partial charge in [0.15, 0.2) is 11.5 Å². The van der Waals surface area contributed by atoms with Crippen LogP contribution in [-0.2, 0) is 6.42 Å². The van der Waals surface area contributed by atoms with Crippen molar-refractivity contribution in [2.45, 2.75) is 39.5 Å². The van der Waals surface area contributed by atoms with Gasteiger partial charge in [0.05, 0.1) is 19.9 Å². The van der Waals surface area contributed by atoms with Gasteiger partial charge in [-0.15, -0.1) is 21.5 Å². The van der Waals surface area contributed by atoms with E-state index in [0.29, 0.717) is 27.2 Å². The van der Waals surface area contributed by atoms with Crippen LogP contribution in [0.5, 0.6) is 11.5 Å². The van der Waals surface area contributed by atoms with E-state index in [0.717, 1.165) is 34.8 Å². The first-order chi connectivity index (χ1) is 14.0. The lowest BCUT2D eigenvalue weighted by molar-refractivity contribution is 0.102. The summed E-state index contributed by atoms with van der Waals surface area (Å²) in [7, 11) is 3.18. The van der Waals surface area contributed by atoms with E-state index in [1.807, 2.05) is 25.1 Å². The molecule has 1 aromatic carbocycles. The fourth-order valence-corrected chi connectivity index (χ4v) is 4.52. The molecule has 1 amide bonds. The number of hydrogen-bond donors (Lipinski definition) is 1. The van der Waals surface area contributed by atoms with Crippen molar-refractivity contribution in [2.75, 3.05) is 19.5 Å². The van der Waals surface area contributed by atoms with Crippen LogP contribution in [0.2, 0.25) is 0 Å². The number of benzene rings is 1. The van der Waals surface area contributed by atoms with E-state index in [2.05, 4.69) is 27.4 Å². The standard InChI is InChI=1S/C20H24N4O3S2/c1-5-6-7-8-16-23-24-20(28-16)22-18(25)17-12(2)21-19(29-17)13-9-10-14(26-3)15(11-13)27-4/h9-11H,5-8H2,1-4H3,(H,22,24,25). The zero-order valence-electron chi connectivity index (χ0n) is 16.9. The maximum atomic E-state index is 12.7. The number of nitrogens with one attached hydrogen (secondary N) is 1. The van der Waals surface area contributed by atoms with Crippen LogP contribution >= 0.6 is 22.7 Å². The quantitative estimate of drug-likeness (QED) is 0.480. The molecule has 0 saturated carbocycles. The minimum Gasteiger partial charge on any atom is -0.493 e. The Morgan fingerprint density at radius 2 is 1.90 bits per heavy atom. The lowest BCUT2D eigenvalue weighted by Gasteiger charge is -2.08. The molecule has 0 bridgehead atoms. The average Bonchev–Trinajstić information content (AvgIpc) is 3.34. The zero-order valence-corrected chi connectivity index (χ0v) is 18.6. The second kappa shape index (κ2) is 9.80. The van der Waals surface area contributed by atoms with Crippen molar-refractivity contribution < 1.29 is 14.3 Å². The van der Waals surface area contributed by atoms with Crippen LogP contribution in [-0.4, -0.2) is 35.3 Å². The van der Waals surface area contributed by atoms with Gasteiger partial charge in [-0.05, 0) is 31.5 Å². The fourth-order valence-electron chi connectivity index (χ4n) is 2.79. The molecule has 0 aliphatic heterocycles. The summed E-state index contributed by atoms with van der Waals surface area (Å²) >= 11 is 2.76. The summed E-state index contributed by atoms with van der Waals surface area (Å²) in [6, 6.07) is 5.58. The number of unbranched alkanes of at least 4 members (excludes halogenated alkanes) is 2.